The Kier molecular flexibility index (Phi) is 7.01. The number of carbonyl (C=O) groups excluding carboxylic acids is 2. The summed E-state index contributed by atoms with van der Waals surface area (Å²) in [6.45, 7) is 1.94. The van der Waals surface area contributed by atoms with Crippen molar-refractivity contribution in [2.45, 2.75) is 11.3 Å². The molecular weight excluding hydrogens is 462 g/mol. The van der Waals surface area contributed by atoms with Gasteiger partial charge in [0.15, 0.2) is 4.34 Å². The van der Waals surface area contributed by atoms with Gasteiger partial charge in [-0.2, -0.15) is 0 Å². The van der Waals surface area contributed by atoms with Crippen molar-refractivity contribution in [1.82, 2.24) is 21.0 Å². The summed E-state index contributed by atoms with van der Waals surface area (Å²) in [5, 5.41) is 11.9. The fourth-order valence-electron chi connectivity index (χ4n) is 2.08. The SMILES string of the molecule is Cc1ccc(C(=O)NNC(=O)CSc2nnc(Nc3cccc(Br)c3)s2)cc1. The zero-order chi connectivity index (χ0) is 19.9. The Hall–Kier alpha value is -2.43. The van der Waals surface area contributed by atoms with Crippen molar-refractivity contribution in [2.24, 2.45) is 0 Å². The van der Waals surface area contributed by atoms with E-state index in [4.69, 9.17) is 0 Å². The van der Waals surface area contributed by atoms with Crippen LogP contribution in [0.2, 0.25) is 0 Å². The number of aryl methyl sites for hydroxylation is 1. The van der Waals surface area contributed by atoms with Gasteiger partial charge < -0.3 is 5.32 Å². The molecule has 1 aromatic heterocycles. The number of rotatable bonds is 6. The molecule has 0 aliphatic carbocycles. The molecule has 0 saturated heterocycles. The van der Waals surface area contributed by atoms with Crippen LogP contribution in [-0.2, 0) is 4.79 Å². The molecule has 3 N–H and O–H groups in total. The van der Waals surface area contributed by atoms with Crippen molar-refractivity contribution in [3.63, 3.8) is 0 Å². The molecule has 10 heteroatoms. The Morgan fingerprint density at radius 3 is 2.64 bits per heavy atom. The maximum atomic E-state index is 12.0. The molecule has 3 rings (SSSR count). The number of hydrogen-bond donors (Lipinski definition) is 3. The Balaban J connectivity index is 1.44. The topological polar surface area (TPSA) is 96.0 Å². The number of aromatic nitrogens is 2. The largest absolute Gasteiger partial charge is 0.330 e. The van der Waals surface area contributed by atoms with Crippen molar-refractivity contribution >= 4 is 61.7 Å². The van der Waals surface area contributed by atoms with Crippen LogP contribution >= 0.6 is 39.0 Å². The van der Waals surface area contributed by atoms with Gasteiger partial charge in [-0.15, -0.1) is 10.2 Å². The minimum atomic E-state index is -0.366. The van der Waals surface area contributed by atoms with E-state index in [1.165, 1.54) is 23.1 Å². The summed E-state index contributed by atoms with van der Waals surface area (Å²) in [6, 6.07) is 14.8. The Morgan fingerprint density at radius 2 is 1.89 bits per heavy atom. The van der Waals surface area contributed by atoms with Crippen molar-refractivity contribution in [3.8, 4) is 0 Å². The smallest absolute Gasteiger partial charge is 0.269 e. The van der Waals surface area contributed by atoms with Gasteiger partial charge in [0.2, 0.25) is 11.0 Å². The molecule has 2 amide bonds. The van der Waals surface area contributed by atoms with Gasteiger partial charge in [0.1, 0.15) is 0 Å². The number of hydrogen-bond acceptors (Lipinski definition) is 7. The van der Waals surface area contributed by atoms with Crippen LogP contribution in [0.5, 0.6) is 0 Å². The molecule has 7 nitrogen and oxygen atoms in total. The standard InChI is InChI=1S/C18H16BrN5O2S2/c1-11-5-7-12(8-6-11)16(26)22-21-15(25)10-27-18-24-23-17(28-18)20-14-4-2-3-13(19)9-14/h2-9H,10H2,1H3,(H,20,23)(H,21,25)(H,22,26). The molecule has 0 atom stereocenters. The zero-order valence-electron chi connectivity index (χ0n) is 14.7. The number of anilines is 2. The summed E-state index contributed by atoms with van der Waals surface area (Å²) >= 11 is 6.00. The highest BCUT2D eigenvalue weighted by Crippen LogP contribution is 2.28. The van der Waals surface area contributed by atoms with Crippen molar-refractivity contribution in [1.29, 1.82) is 0 Å². The highest BCUT2D eigenvalue weighted by molar-refractivity contribution is 9.10. The third kappa shape index (κ3) is 6.04. The summed E-state index contributed by atoms with van der Waals surface area (Å²) in [7, 11) is 0. The first kappa shape index (κ1) is 20.3. The molecule has 0 aliphatic rings. The molecule has 0 bridgehead atoms. The van der Waals surface area contributed by atoms with E-state index < -0.39 is 0 Å². The van der Waals surface area contributed by atoms with Gasteiger partial charge in [-0.05, 0) is 37.3 Å². The van der Waals surface area contributed by atoms with Gasteiger partial charge in [-0.3, -0.25) is 20.4 Å². The average molecular weight is 478 g/mol. The van der Waals surface area contributed by atoms with E-state index in [-0.39, 0.29) is 17.6 Å². The van der Waals surface area contributed by atoms with Crippen molar-refractivity contribution in [2.75, 3.05) is 11.1 Å². The second-order valence-corrected chi connectivity index (χ2v) is 8.78. The van der Waals surface area contributed by atoms with Gasteiger partial charge in [-0.25, -0.2) is 0 Å². The summed E-state index contributed by atoms with van der Waals surface area (Å²) in [6.07, 6.45) is 0. The van der Waals surface area contributed by atoms with Crippen molar-refractivity contribution in [3.05, 3.63) is 64.1 Å². The van der Waals surface area contributed by atoms with E-state index in [9.17, 15) is 9.59 Å². The molecule has 0 spiro atoms. The number of carbonyl (C=O) groups is 2. The number of hydrazine groups is 1. The van der Waals surface area contributed by atoms with Crippen LogP contribution in [0.15, 0.2) is 57.3 Å². The van der Waals surface area contributed by atoms with Gasteiger partial charge in [0.05, 0.1) is 5.75 Å². The lowest BCUT2D eigenvalue weighted by Crippen LogP contribution is -2.42. The lowest BCUT2D eigenvalue weighted by molar-refractivity contribution is -0.119. The number of benzene rings is 2. The predicted molar refractivity (Wildman–Crippen MR) is 115 cm³/mol. The molecule has 2 aromatic carbocycles. The lowest BCUT2D eigenvalue weighted by Gasteiger charge is -2.06. The van der Waals surface area contributed by atoms with Crippen LogP contribution < -0.4 is 16.2 Å². The molecule has 0 aliphatic heterocycles. The second kappa shape index (κ2) is 9.67. The average Bonchev–Trinajstić information content (AvgIpc) is 3.12. The molecule has 144 valence electrons. The Morgan fingerprint density at radius 1 is 1.11 bits per heavy atom. The van der Waals surface area contributed by atoms with Gasteiger partial charge >= 0.3 is 0 Å². The zero-order valence-corrected chi connectivity index (χ0v) is 18.0. The Bertz CT molecular complexity index is 978. The van der Waals surface area contributed by atoms with Gasteiger partial charge in [0.25, 0.3) is 5.91 Å². The minimum absolute atomic E-state index is 0.111. The molecule has 3 aromatic rings. The number of halogens is 1. The number of nitrogens with zero attached hydrogens (tertiary/aromatic N) is 2. The highest BCUT2D eigenvalue weighted by atomic mass is 79.9. The highest BCUT2D eigenvalue weighted by Gasteiger charge is 2.10. The third-order valence-corrected chi connectivity index (χ3v) is 5.90. The van der Waals surface area contributed by atoms with E-state index in [2.05, 4.69) is 42.3 Å². The van der Waals surface area contributed by atoms with E-state index in [1.54, 1.807) is 12.1 Å². The maximum absolute atomic E-state index is 12.0. The molecular formula is C18H16BrN5O2S2. The predicted octanol–water partition coefficient (Wildman–Crippen LogP) is 3.91. The fraction of sp³-hybridized carbons (Fsp3) is 0.111. The first-order chi connectivity index (χ1) is 13.5. The fourth-order valence-corrected chi connectivity index (χ4v) is 4.05. The summed E-state index contributed by atoms with van der Waals surface area (Å²) < 4.78 is 1.61. The summed E-state index contributed by atoms with van der Waals surface area (Å²) in [5.41, 5.74) is 7.21. The minimum Gasteiger partial charge on any atom is -0.330 e. The van der Waals surface area contributed by atoms with Crippen LogP contribution in [0.4, 0.5) is 10.8 Å². The number of thioether (sulfide) groups is 1. The van der Waals surface area contributed by atoms with Crippen LogP contribution in [-0.4, -0.2) is 27.8 Å². The Labute approximate surface area is 178 Å². The first-order valence-corrected chi connectivity index (χ1v) is 10.7. The van der Waals surface area contributed by atoms with Crippen LogP contribution in [0.1, 0.15) is 15.9 Å². The van der Waals surface area contributed by atoms with E-state index >= 15 is 0 Å². The molecule has 0 saturated carbocycles. The third-order valence-electron chi connectivity index (χ3n) is 3.44. The van der Waals surface area contributed by atoms with Crippen LogP contribution in [0.3, 0.4) is 0 Å². The quantitative estimate of drug-likeness (QED) is 0.367. The monoisotopic (exact) mass is 477 g/mol. The maximum Gasteiger partial charge on any atom is 0.269 e. The van der Waals surface area contributed by atoms with E-state index in [0.717, 1.165) is 15.7 Å². The van der Waals surface area contributed by atoms with Gasteiger partial charge in [0, 0.05) is 15.7 Å². The first-order valence-electron chi connectivity index (χ1n) is 8.14. The molecule has 1 heterocycles. The number of nitrogens with one attached hydrogen (secondary N) is 3. The van der Waals surface area contributed by atoms with Crippen LogP contribution in [0, 0.1) is 6.92 Å². The van der Waals surface area contributed by atoms with Crippen LogP contribution in [0.25, 0.3) is 0 Å². The van der Waals surface area contributed by atoms with Crippen molar-refractivity contribution < 1.29 is 9.59 Å². The molecule has 0 unspecified atom stereocenters. The summed E-state index contributed by atoms with van der Waals surface area (Å²) in [4.78, 5) is 23.9. The van der Waals surface area contributed by atoms with E-state index in [1.807, 2.05) is 43.3 Å². The lowest BCUT2D eigenvalue weighted by atomic mass is 10.1. The van der Waals surface area contributed by atoms with Gasteiger partial charge in [-0.1, -0.05) is 62.8 Å². The molecule has 28 heavy (non-hydrogen) atoms. The normalized spacial score (nSPS) is 10.4. The van der Waals surface area contributed by atoms with E-state index in [0.29, 0.717) is 15.0 Å². The second-order valence-electron chi connectivity index (χ2n) is 5.67. The molecule has 0 radical (unpaired) electrons. The summed E-state index contributed by atoms with van der Waals surface area (Å²) in [5.74, 6) is -0.586. The molecule has 0 fully saturated rings. The number of amides is 2.